The smallest absolute Gasteiger partial charge is 0.308 e. The summed E-state index contributed by atoms with van der Waals surface area (Å²) in [4.78, 5) is 21.4. The van der Waals surface area contributed by atoms with Crippen molar-refractivity contribution in [1.29, 1.82) is 0 Å². The van der Waals surface area contributed by atoms with E-state index < -0.39 is 0 Å². The third kappa shape index (κ3) is 5.73. The molecule has 1 fully saturated rings. The maximum absolute atomic E-state index is 11.3. The van der Waals surface area contributed by atoms with E-state index in [1.165, 1.54) is 6.92 Å². The van der Waals surface area contributed by atoms with E-state index in [0.29, 0.717) is 23.7 Å². The van der Waals surface area contributed by atoms with E-state index in [9.17, 15) is 4.79 Å². The molecule has 0 amide bonds. The van der Waals surface area contributed by atoms with Crippen LogP contribution < -0.4 is 21.4 Å². The van der Waals surface area contributed by atoms with Gasteiger partial charge in [-0.15, -0.1) is 0 Å². The summed E-state index contributed by atoms with van der Waals surface area (Å²) in [7, 11) is 0. The normalized spacial score (nSPS) is 19.0. The van der Waals surface area contributed by atoms with Gasteiger partial charge in [-0.1, -0.05) is 26.0 Å². The molecule has 4 N–H and O–H groups in total. The van der Waals surface area contributed by atoms with Crippen molar-refractivity contribution < 1.29 is 9.53 Å². The standard InChI is InChI=1S/C26H37N7O2/c1-15(2)22-24-23(32-31-22)25(28-14-18-7-6-8-21(13-18)35-17(5)34)30-26(33(24)16(3)4)29-20-11-9-19(27)10-12-20/h6-8,13,15-16,19-20H,9-12,14,27H2,1-5H3,(H,31,32)(H,28,29,30). The van der Waals surface area contributed by atoms with Gasteiger partial charge in [0.2, 0.25) is 5.62 Å². The van der Waals surface area contributed by atoms with Gasteiger partial charge in [0.05, 0.1) is 17.3 Å². The topological polar surface area (TPSA) is 123 Å². The Morgan fingerprint density at radius 3 is 2.66 bits per heavy atom. The summed E-state index contributed by atoms with van der Waals surface area (Å²) < 4.78 is 7.44. The highest BCUT2D eigenvalue weighted by Crippen LogP contribution is 2.28. The summed E-state index contributed by atoms with van der Waals surface area (Å²) in [5.74, 6) is 1.13. The molecule has 9 nitrogen and oxygen atoms in total. The lowest BCUT2D eigenvalue weighted by Crippen LogP contribution is -2.33. The molecular formula is C26H37N7O2. The number of fused-ring (bicyclic) bond motifs is 1. The molecule has 1 aliphatic carbocycles. The second-order valence-electron chi connectivity index (χ2n) is 10.0. The number of hydrogen-bond donors (Lipinski definition) is 3. The van der Waals surface area contributed by atoms with Gasteiger partial charge < -0.3 is 20.4 Å². The number of aromatic amines is 1. The lowest BCUT2D eigenvalue weighted by Gasteiger charge is -2.24. The summed E-state index contributed by atoms with van der Waals surface area (Å²) in [5.41, 5.74) is 10.7. The molecule has 9 heteroatoms. The first-order valence-corrected chi connectivity index (χ1v) is 12.5. The van der Waals surface area contributed by atoms with Crippen LogP contribution in [0.5, 0.6) is 5.75 Å². The van der Waals surface area contributed by atoms with Crippen LogP contribution in [0.2, 0.25) is 0 Å². The van der Waals surface area contributed by atoms with Crippen molar-refractivity contribution in [2.75, 3.05) is 5.32 Å². The number of rotatable bonds is 7. The van der Waals surface area contributed by atoms with Crippen LogP contribution in [0.15, 0.2) is 29.3 Å². The van der Waals surface area contributed by atoms with Crippen LogP contribution in [-0.2, 0) is 11.3 Å². The van der Waals surface area contributed by atoms with Crippen molar-refractivity contribution >= 4 is 22.8 Å². The molecule has 0 saturated heterocycles. The molecule has 0 aliphatic heterocycles. The Labute approximate surface area is 206 Å². The van der Waals surface area contributed by atoms with Crippen molar-refractivity contribution in [3.8, 4) is 5.75 Å². The van der Waals surface area contributed by atoms with E-state index in [2.05, 4.69) is 47.8 Å². The number of nitrogens with two attached hydrogens (primary N) is 1. The van der Waals surface area contributed by atoms with Gasteiger partial charge in [-0.3, -0.25) is 9.89 Å². The summed E-state index contributed by atoms with van der Waals surface area (Å²) in [6.07, 6.45) is 3.94. The molecule has 188 valence electrons. The number of benzene rings is 1. The van der Waals surface area contributed by atoms with Gasteiger partial charge in [-0.2, -0.15) is 10.1 Å². The van der Waals surface area contributed by atoms with Crippen molar-refractivity contribution in [2.24, 2.45) is 10.7 Å². The van der Waals surface area contributed by atoms with E-state index in [4.69, 9.17) is 20.4 Å². The summed E-state index contributed by atoms with van der Waals surface area (Å²) in [6.45, 7) is 10.5. The first kappa shape index (κ1) is 24.9. The lowest BCUT2D eigenvalue weighted by atomic mass is 9.92. The van der Waals surface area contributed by atoms with Crippen molar-refractivity contribution in [3.05, 3.63) is 41.1 Å². The number of aromatic nitrogens is 4. The Kier molecular flexibility index (Phi) is 7.54. The average molecular weight is 480 g/mol. The zero-order valence-corrected chi connectivity index (χ0v) is 21.3. The molecule has 0 bridgehead atoms. The second-order valence-corrected chi connectivity index (χ2v) is 10.0. The predicted molar refractivity (Wildman–Crippen MR) is 137 cm³/mol. The van der Waals surface area contributed by atoms with Crippen LogP contribution in [0.25, 0.3) is 11.0 Å². The molecule has 3 aromatic rings. The number of nitrogens with zero attached hydrogens (tertiary/aromatic N) is 4. The fourth-order valence-corrected chi connectivity index (χ4v) is 4.64. The Balaban J connectivity index is 1.77. The van der Waals surface area contributed by atoms with Gasteiger partial charge in [0.15, 0.2) is 11.3 Å². The van der Waals surface area contributed by atoms with Crippen molar-refractivity contribution in [3.63, 3.8) is 0 Å². The quantitative estimate of drug-likeness (QED) is 0.345. The van der Waals surface area contributed by atoms with Gasteiger partial charge in [-0.25, -0.2) is 4.99 Å². The maximum Gasteiger partial charge on any atom is 0.308 e. The molecular weight excluding hydrogens is 442 g/mol. The number of carbonyl (C=O) groups is 1. The number of hydrogen-bond acceptors (Lipinski definition) is 7. The third-order valence-corrected chi connectivity index (χ3v) is 6.41. The number of nitrogens with one attached hydrogen (secondary N) is 2. The zero-order valence-electron chi connectivity index (χ0n) is 21.3. The molecule has 2 aromatic heterocycles. The highest BCUT2D eigenvalue weighted by atomic mass is 16.5. The molecule has 1 saturated carbocycles. The van der Waals surface area contributed by atoms with Gasteiger partial charge in [-0.05, 0) is 63.1 Å². The van der Waals surface area contributed by atoms with Crippen LogP contribution in [0.4, 0.5) is 5.82 Å². The molecule has 4 rings (SSSR count). The lowest BCUT2D eigenvalue weighted by molar-refractivity contribution is -0.131. The molecule has 2 heterocycles. The van der Waals surface area contributed by atoms with Crippen LogP contribution in [0.1, 0.15) is 83.5 Å². The van der Waals surface area contributed by atoms with E-state index in [1.54, 1.807) is 6.07 Å². The van der Waals surface area contributed by atoms with Gasteiger partial charge >= 0.3 is 5.97 Å². The summed E-state index contributed by atoms with van der Waals surface area (Å²) >= 11 is 0. The van der Waals surface area contributed by atoms with E-state index in [1.807, 2.05) is 18.2 Å². The maximum atomic E-state index is 11.3. The highest BCUT2D eigenvalue weighted by Gasteiger charge is 2.22. The first-order chi connectivity index (χ1) is 16.7. The number of anilines is 1. The average Bonchev–Trinajstić information content (AvgIpc) is 3.24. The Morgan fingerprint density at radius 1 is 1.26 bits per heavy atom. The number of ether oxygens (including phenoxy) is 1. The van der Waals surface area contributed by atoms with Gasteiger partial charge in [0, 0.05) is 25.6 Å². The zero-order chi connectivity index (χ0) is 25.1. The Hall–Kier alpha value is -3.20. The second kappa shape index (κ2) is 10.6. The first-order valence-electron chi connectivity index (χ1n) is 12.5. The monoisotopic (exact) mass is 479 g/mol. The number of H-pyrrole nitrogens is 1. The molecule has 0 unspecified atom stereocenters. The largest absolute Gasteiger partial charge is 0.427 e. The van der Waals surface area contributed by atoms with E-state index >= 15 is 0 Å². The third-order valence-electron chi connectivity index (χ3n) is 6.41. The Bertz CT molecular complexity index is 1250. The Morgan fingerprint density at radius 2 is 2.00 bits per heavy atom. The number of carbonyl (C=O) groups excluding carboxylic acids is 1. The van der Waals surface area contributed by atoms with Crippen LogP contribution in [0.3, 0.4) is 0 Å². The van der Waals surface area contributed by atoms with Crippen LogP contribution in [0, 0.1) is 0 Å². The highest BCUT2D eigenvalue weighted by molar-refractivity contribution is 5.87. The minimum atomic E-state index is -0.340. The molecule has 1 aromatic carbocycles. The number of esters is 1. The van der Waals surface area contributed by atoms with Crippen molar-refractivity contribution in [2.45, 2.75) is 90.9 Å². The minimum Gasteiger partial charge on any atom is -0.427 e. The fourth-order valence-electron chi connectivity index (χ4n) is 4.64. The fraction of sp³-hybridized carbons (Fsp3) is 0.538. The molecule has 0 atom stereocenters. The minimum absolute atomic E-state index is 0.166. The van der Waals surface area contributed by atoms with Crippen molar-refractivity contribution in [1.82, 2.24) is 19.7 Å². The summed E-state index contributed by atoms with van der Waals surface area (Å²) in [5, 5.41) is 11.4. The SMILES string of the molecule is CC(=O)Oc1cccc(CNc2nc(=NC3CCC(N)CC3)n(C(C)C)c3c(C(C)C)[nH]nc23)c1. The summed E-state index contributed by atoms with van der Waals surface area (Å²) in [6, 6.07) is 8.13. The molecule has 0 spiro atoms. The van der Waals surface area contributed by atoms with Gasteiger partial charge in [0.25, 0.3) is 0 Å². The van der Waals surface area contributed by atoms with Crippen LogP contribution in [-0.4, -0.2) is 37.8 Å². The predicted octanol–water partition coefficient (Wildman–Crippen LogP) is 4.17. The molecule has 0 radical (unpaired) electrons. The van der Waals surface area contributed by atoms with E-state index in [-0.39, 0.29) is 30.0 Å². The molecule has 35 heavy (non-hydrogen) atoms. The van der Waals surface area contributed by atoms with Crippen LogP contribution >= 0.6 is 0 Å². The van der Waals surface area contributed by atoms with E-state index in [0.717, 1.165) is 48.0 Å². The molecule has 1 aliphatic rings. The van der Waals surface area contributed by atoms with Gasteiger partial charge in [0.1, 0.15) is 5.75 Å².